The van der Waals surface area contributed by atoms with Gasteiger partial charge in [-0.15, -0.1) is 0 Å². The van der Waals surface area contributed by atoms with Crippen LogP contribution in [0.1, 0.15) is 10.4 Å². The normalized spacial score (nSPS) is 10.9. The summed E-state index contributed by atoms with van der Waals surface area (Å²) in [6.45, 7) is 0. The van der Waals surface area contributed by atoms with Crippen LogP contribution in [0.3, 0.4) is 0 Å². The van der Waals surface area contributed by atoms with Crippen molar-refractivity contribution < 1.29 is 27.2 Å². The van der Waals surface area contributed by atoms with Crippen molar-refractivity contribution in [2.24, 2.45) is 0 Å². The number of phenolic OH excluding ortho intramolecular Hbond substituents is 1. The molecule has 132 valence electrons. The van der Waals surface area contributed by atoms with E-state index in [9.17, 15) is 18.3 Å². The summed E-state index contributed by atoms with van der Waals surface area (Å²) < 4.78 is 34.9. The van der Waals surface area contributed by atoms with Crippen LogP contribution in [-0.2, 0) is 10.1 Å². The van der Waals surface area contributed by atoms with Gasteiger partial charge in [-0.2, -0.15) is 8.42 Å². The van der Waals surface area contributed by atoms with E-state index in [1.54, 1.807) is 48.5 Å². The maximum Gasteiger partial charge on any atom is 0.347 e. The van der Waals surface area contributed by atoms with Crippen molar-refractivity contribution in [1.29, 1.82) is 0 Å². The third-order valence-electron chi connectivity index (χ3n) is 3.38. The third-order valence-corrected chi connectivity index (χ3v) is 4.62. The molecule has 0 heterocycles. The Bertz CT molecular complexity index is 1010. The first-order valence-corrected chi connectivity index (χ1v) is 8.96. The lowest BCUT2D eigenvalue weighted by molar-refractivity contribution is 0.0731. The number of para-hydroxylation sites is 2. The number of phenols is 1. The van der Waals surface area contributed by atoms with Gasteiger partial charge in [0.25, 0.3) is 0 Å². The predicted molar refractivity (Wildman–Crippen MR) is 93.8 cm³/mol. The van der Waals surface area contributed by atoms with E-state index in [0.29, 0.717) is 0 Å². The van der Waals surface area contributed by atoms with Crippen LogP contribution in [0, 0.1) is 0 Å². The molecule has 3 aromatic rings. The van der Waals surface area contributed by atoms with Gasteiger partial charge in [0.15, 0.2) is 0 Å². The number of aromatic hydroxyl groups is 1. The van der Waals surface area contributed by atoms with Crippen molar-refractivity contribution in [3.8, 4) is 17.2 Å². The van der Waals surface area contributed by atoms with E-state index in [-0.39, 0.29) is 22.0 Å². The highest BCUT2D eigenvalue weighted by Gasteiger charge is 2.22. The molecule has 6 nitrogen and oxygen atoms in total. The van der Waals surface area contributed by atoms with Gasteiger partial charge in [0.05, 0.1) is 0 Å². The van der Waals surface area contributed by atoms with Gasteiger partial charge in [-0.25, -0.2) is 4.79 Å². The fraction of sp³-hybridized carbons (Fsp3) is 0. The van der Waals surface area contributed by atoms with E-state index in [4.69, 9.17) is 8.92 Å². The second kappa shape index (κ2) is 7.28. The fourth-order valence-corrected chi connectivity index (χ4v) is 3.09. The van der Waals surface area contributed by atoms with Crippen LogP contribution in [0.4, 0.5) is 0 Å². The molecule has 1 N–H and O–H groups in total. The molecule has 0 aliphatic heterocycles. The molecule has 7 heteroatoms. The van der Waals surface area contributed by atoms with Crippen LogP contribution < -0.4 is 8.92 Å². The average molecular weight is 370 g/mol. The molecule has 0 unspecified atom stereocenters. The minimum absolute atomic E-state index is 0.133. The molecule has 0 atom stereocenters. The highest BCUT2D eigenvalue weighted by atomic mass is 32.2. The molecule has 0 spiro atoms. The van der Waals surface area contributed by atoms with Crippen molar-refractivity contribution >= 4 is 16.1 Å². The minimum Gasteiger partial charge on any atom is -0.507 e. The number of ether oxygens (including phenoxy) is 1. The molecule has 3 aromatic carbocycles. The van der Waals surface area contributed by atoms with E-state index in [2.05, 4.69) is 0 Å². The van der Waals surface area contributed by atoms with Gasteiger partial charge in [0.1, 0.15) is 27.7 Å². The average Bonchev–Trinajstić information content (AvgIpc) is 2.63. The maximum atomic E-state index is 12.4. The van der Waals surface area contributed by atoms with E-state index < -0.39 is 21.8 Å². The molecule has 0 aliphatic carbocycles. The lowest BCUT2D eigenvalue weighted by Gasteiger charge is -2.10. The molecule has 0 aliphatic rings. The minimum atomic E-state index is -4.18. The number of hydrogen-bond donors (Lipinski definition) is 1. The smallest absolute Gasteiger partial charge is 0.347 e. The molecule has 0 fully saturated rings. The summed E-state index contributed by atoms with van der Waals surface area (Å²) in [6.07, 6.45) is 0. The van der Waals surface area contributed by atoms with Gasteiger partial charge in [0, 0.05) is 0 Å². The summed E-state index contributed by atoms with van der Waals surface area (Å²) in [5.74, 6) is -0.880. The first-order valence-electron chi connectivity index (χ1n) is 7.55. The summed E-state index contributed by atoms with van der Waals surface area (Å²) in [4.78, 5) is 12.0. The van der Waals surface area contributed by atoms with Crippen molar-refractivity contribution in [1.82, 2.24) is 0 Å². The van der Waals surface area contributed by atoms with Gasteiger partial charge >= 0.3 is 16.1 Å². The van der Waals surface area contributed by atoms with Crippen LogP contribution in [0.25, 0.3) is 0 Å². The summed E-state index contributed by atoms with van der Waals surface area (Å²) in [5.41, 5.74) is -0.286. The summed E-state index contributed by atoms with van der Waals surface area (Å²) in [5, 5.41) is 9.90. The monoisotopic (exact) mass is 370 g/mol. The Kier molecular flexibility index (Phi) is 4.90. The molecule has 0 saturated carbocycles. The largest absolute Gasteiger partial charge is 0.507 e. The molecule has 0 saturated heterocycles. The standard InChI is InChI=1S/C19H14O6S/c20-18-12-11-16(26(22,23)25-15-9-5-2-6-10-15)13-17(18)19(21)24-14-7-3-1-4-8-14/h1-13,20H. The Morgan fingerprint density at radius 1 is 0.808 bits per heavy atom. The van der Waals surface area contributed by atoms with Crippen molar-refractivity contribution in [2.45, 2.75) is 4.90 Å². The highest BCUT2D eigenvalue weighted by molar-refractivity contribution is 7.87. The Morgan fingerprint density at radius 3 is 2.00 bits per heavy atom. The number of carbonyl (C=O) groups is 1. The summed E-state index contributed by atoms with van der Waals surface area (Å²) >= 11 is 0. The molecule has 0 bridgehead atoms. The van der Waals surface area contributed by atoms with Crippen LogP contribution in [-0.4, -0.2) is 19.5 Å². The Labute approximate surface area is 150 Å². The molecule has 0 aromatic heterocycles. The third kappa shape index (κ3) is 4.01. The maximum absolute atomic E-state index is 12.4. The zero-order chi connectivity index (χ0) is 18.6. The van der Waals surface area contributed by atoms with E-state index in [1.165, 1.54) is 12.1 Å². The fourth-order valence-electron chi connectivity index (χ4n) is 2.14. The van der Waals surface area contributed by atoms with Gasteiger partial charge < -0.3 is 14.0 Å². The zero-order valence-electron chi connectivity index (χ0n) is 13.4. The number of esters is 1. The number of carbonyl (C=O) groups excluding carboxylic acids is 1. The van der Waals surface area contributed by atoms with Gasteiger partial charge in [-0.05, 0) is 42.5 Å². The Hall–Kier alpha value is -3.32. The molecular weight excluding hydrogens is 356 g/mol. The van der Waals surface area contributed by atoms with Gasteiger partial charge in [-0.3, -0.25) is 0 Å². The van der Waals surface area contributed by atoms with E-state index in [1.807, 2.05) is 0 Å². The van der Waals surface area contributed by atoms with E-state index in [0.717, 1.165) is 18.2 Å². The van der Waals surface area contributed by atoms with Crippen LogP contribution in [0.5, 0.6) is 17.2 Å². The van der Waals surface area contributed by atoms with Crippen LogP contribution >= 0.6 is 0 Å². The lowest BCUT2D eigenvalue weighted by atomic mass is 10.2. The lowest BCUT2D eigenvalue weighted by Crippen LogP contribution is -2.13. The Balaban J connectivity index is 1.88. The van der Waals surface area contributed by atoms with Crippen molar-refractivity contribution in [2.75, 3.05) is 0 Å². The number of benzene rings is 3. The first-order chi connectivity index (χ1) is 12.5. The van der Waals surface area contributed by atoms with Crippen LogP contribution in [0.2, 0.25) is 0 Å². The quantitative estimate of drug-likeness (QED) is 0.421. The Morgan fingerprint density at radius 2 is 1.38 bits per heavy atom. The second-order valence-corrected chi connectivity index (χ2v) is 6.78. The van der Waals surface area contributed by atoms with Gasteiger partial charge in [0.2, 0.25) is 0 Å². The topological polar surface area (TPSA) is 89.9 Å². The molecule has 0 amide bonds. The highest BCUT2D eigenvalue weighted by Crippen LogP contribution is 2.25. The van der Waals surface area contributed by atoms with Crippen molar-refractivity contribution in [3.05, 3.63) is 84.4 Å². The number of hydrogen-bond acceptors (Lipinski definition) is 6. The predicted octanol–water partition coefficient (Wildman–Crippen LogP) is 3.38. The SMILES string of the molecule is O=C(Oc1ccccc1)c1cc(S(=O)(=O)Oc2ccccc2)ccc1O. The van der Waals surface area contributed by atoms with Gasteiger partial charge in [-0.1, -0.05) is 36.4 Å². The first kappa shape index (κ1) is 17.5. The zero-order valence-corrected chi connectivity index (χ0v) is 14.2. The summed E-state index contributed by atoms with van der Waals surface area (Å²) in [7, 11) is -4.18. The molecule has 3 rings (SSSR count). The van der Waals surface area contributed by atoms with Crippen LogP contribution in [0.15, 0.2) is 83.8 Å². The second-order valence-electron chi connectivity index (χ2n) is 5.23. The summed E-state index contributed by atoms with van der Waals surface area (Å²) in [6, 6.07) is 19.4. The number of rotatable bonds is 5. The molecule has 0 radical (unpaired) electrons. The van der Waals surface area contributed by atoms with E-state index >= 15 is 0 Å². The molecular formula is C19H14O6S. The van der Waals surface area contributed by atoms with Crippen molar-refractivity contribution in [3.63, 3.8) is 0 Å². The molecule has 26 heavy (non-hydrogen) atoms.